The van der Waals surface area contributed by atoms with Crippen LogP contribution < -0.4 is 15.5 Å². The highest BCUT2D eigenvalue weighted by atomic mass is 16.2. The van der Waals surface area contributed by atoms with Crippen LogP contribution in [0, 0.1) is 5.92 Å². The van der Waals surface area contributed by atoms with Crippen molar-refractivity contribution >= 4 is 23.2 Å². The number of amides is 2. The summed E-state index contributed by atoms with van der Waals surface area (Å²) in [6.45, 7) is 6.79. The fraction of sp³-hybridized carbons (Fsp3) is 0.394. The Balaban J connectivity index is 1.33. The molecule has 1 unspecified atom stereocenters. The van der Waals surface area contributed by atoms with Crippen LogP contribution in [-0.4, -0.2) is 50.4 Å². The van der Waals surface area contributed by atoms with Gasteiger partial charge in [-0.2, -0.15) is 0 Å². The first-order valence-corrected chi connectivity index (χ1v) is 14.1. The van der Waals surface area contributed by atoms with Crippen molar-refractivity contribution in [3.05, 3.63) is 95.6 Å². The van der Waals surface area contributed by atoms with Gasteiger partial charge in [-0.05, 0) is 85.8 Å². The number of carbonyl (C=O) groups is 2. The SMILES string of the molecule is CC(C)C(=O)Nc1cccc(C2CCN(CCC(NC(=O)c3ccc(N(C)C)cc3)c3ccccc3)CC2)c1. The molecule has 0 aromatic heterocycles. The summed E-state index contributed by atoms with van der Waals surface area (Å²) in [5.41, 5.74) is 5.05. The van der Waals surface area contributed by atoms with Gasteiger partial charge in [-0.15, -0.1) is 0 Å². The number of nitrogens with zero attached hydrogens (tertiary/aromatic N) is 2. The largest absolute Gasteiger partial charge is 0.378 e. The second kappa shape index (κ2) is 13.4. The number of likely N-dealkylation sites (tertiary alicyclic amines) is 1. The van der Waals surface area contributed by atoms with Crippen molar-refractivity contribution < 1.29 is 9.59 Å². The summed E-state index contributed by atoms with van der Waals surface area (Å²) in [6.07, 6.45) is 3.03. The van der Waals surface area contributed by atoms with E-state index in [2.05, 4.69) is 39.8 Å². The van der Waals surface area contributed by atoms with Gasteiger partial charge in [0.1, 0.15) is 0 Å². The second-order valence-corrected chi connectivity index (χ2v) is 11.1. The smallest absolute Gasteiger partial charge is 0.251 e. The van der Waals surface area contributed by atoms with Crippen molar-refractivity contribution in [3.8, 4) is 0 Å². The Hall–Kier alpha value is -3.64. The molecular weight excluding hydrogens is 484 g/mol. The highest BCUT2D eigenvalue weighted by molar-refractivity contribution is 5.94. The van der Waals surface area contributed by atoms with Gasteiger partial charge >= 0.3 is 0 Å². The fourth-order valence-electron chi connectivity index (χ4n) is 5.12. The number of piperidine rings is 1. The molecule has 4 rings (SSSR count). The quantitative estimate of drug-likeness (QED) is 0.336. The fourth-order valence-corrected chi connectivity index (χ4v) is 5.12. The maximum Gasteiger partial charge on any atom is 0.251 e. The van der Waals surface area contributed by atoms with E-state index in [-0.39, 0.29) is 23.8 Å². The monoisotopic (exact) mass is 526 g/mol. The van der Waals surface area contributed by atoms with E-state index in [0.29, 0.717) is 11.5 Å². The Kier molecular flexibility index (Phi) is 9.77. The molecule has 0 saturated carbocycles. The van der Waals surface area contributed by atoms with Crippen LogP contribution in [0.1, 0.15) is 66.6 Å². The van der Waals surface area contributed by atoms with Gasteiger partial charge < -0.3 is 20.4 Å². The molecule has 0 spiro atoms. The maximum atomic E-state index is 13.1. The summed E-state index contributed by atoms with van der Waals surface area (Å²) in [7, 11) is 3.99. The Morgan fingerprint density at radius 2 is 1.62 bits per heavy atom. The van der Waals surface area contributed by atoms with E-state index in [1.54, 1.807) is 0 Å². The molecule has 2 N–H and O–H groups in total. The van der Waals surface area contributed by atoms with E-state index in [0.717, 1.165) is 55.8 Å². The van der Waals surface area contributed by atoms with E-state index in [9.17, 15) is 9.59 Å². The van der Waals surface area contributed by atoms with Crippen molar-refractivity contribution in [2.24, 2.45) is 5.92 Å². The van der Waals surface area contributed by atoms with Crippen LogP contribution in [-0.2, 0) is 4.79 Å². The molecule has 0 bridgehead atoms. The minimum absolute atomic E-state index is 0.0370. The molecule has 1 saturated heterocycles. The van der Waals surface area contributed by atoms with Crippen molar-refractivity contribution in [2.45, 2.75) is 45.1 Å². The number of nitrogens with one attached hydrogen (secondary N) is 2. The average molecular weight is 527 g/mol. The molecular formula is C33H42N4O2. The van der Waals surface area contributed by atoms with Gasteiger partial charge in [-0.1, -0.05) is 56.3 Å². The Morgan fingerprint density at radius 1 is 0.923 bits per heavy atom. The predicted molar refractivity (Wildman–Crippen MR) is 160 cm³/mol. The van der Waals surface area contributed by atoms with E-state index >= 15 is 0 Å². The van der Waals surface area contributed by atoms with Crippen LogP contribution in [0.2, 0.25) is 0 Å². The number of carbonyl (C=O) groups excluding carboxylic acids is 2. The van der Waals surface area contributed by atoms with Crippen LogP contribution in [0.25, 0.3) is 0 Å². The van der Waals surface area contributed by atoms with Gasteiger partial charge in [-0.25, -0.2) is 0 Å². The lowest BCUT2D eigenvalue weighted by molar-refractivity contribution is -0.118. The molecule has 0 radical (unpaired) electrons. The number of benzene rings is 3. The molecule has 2 amide bonds. The zero-order valence-corrected chi connectivity index (χ0v) is 23.7. The molecule has 1 atom stereocenters. The van der Waals surface area contributed by atoms with Gasteiger partial charge in [0.25, 0.3) is 5.91 Å². The summed E-state index contributed by atoms with van der Waals surface area (Å²) in [5, 5.41) is 6.32. The third kappa shape index (κ3) is 7.93. The van der Waals surface area contributed by atoms with Crippen molar-refractivity contribution in [2.75, 3.05) is 43.9 Å². The summed E-state index contributed by atoms with van der Waals surface area (Å²) in [4.78, 5) is 29.8. The molecule has 1 fully saturated rings. The van der Waals surface area contributed by atoms with E-state index < -0.39 is 0 Å². The van der Waals surface area contributed by atoms with Crippen LogP contribution in [0.5, 0.6) is 0 Å². The summed E-state index contributed by atoms with van der Waals surface area (Å²) >= 11 is 0. The first-order chi connectivity index (χ1) is 18.8. The lowest BCUT2D eigenvalue weighted by Crippen LogP contribution is -2.36. The van der Waals surface area contributed by atoms with Crippen LogP contribution in [0.3, 0.4) is 0 Å². The number of anilines is 2. The molecule has 39 heavy (non-hydrogen) atoms. The minimum Gasteiger partial charge on any atom is -0.378 e. The normalized spacial score (nSPS) is 15.1. The molecule has 1 heterocycles. The Labute approximate surface area is 233 Å². The number of rotatable bonds is 10. The minimum atomic E-state index is -0.0498. The van der Waals surface area contributed by atoms with Gasteiger partial charge in [0.15, 0.2) is 0 Å². The summed E-state index contributed by atoms with van der Waals surface area (Å²) < 4.78 is 0. The Bertz CT molecular complexity index is 1220. The highest BCUT2D eigenvalue weighted by Crippen LogP contribution is 2.30. The molecule has 6 heteroatoms. The van der Waals surface area contributed by atoms with Gasteiger partial charge in [0, 0.05) is 43.5 Å². The van der Waals surface area contributed by atoms with Crippen LogP contribution in [0.15, 0.2) is 78.9 Å². The number of hydrogen-bond donors (Lipinski definition) is 2. The van der Waals surface area contributed by atoms with Gasteiger partial charge in [-0.3, -0.25) is 9.59 Å². The Morgan fingerprint density at radius 3 is 2.26 bits per heavy atom. The topological polar surface area (TPSA) is 64.7 Å². The standard InChI is InChI=1S/C33H42N4O2/c1-24(2)32(38)34-29-12-8-11-28(23-29)25-17-20-37(21-18-25)22-19-31(26-9-6-5-7-10-26)35-33(39)27-13-15-30(16-14-27)36(3)4/h5-16,23-25,31H,17-22H2,1-4H3,(H,34,38)(H,35,39). The molecule has 3 aromatic rings. The van der Waals surface area contributed by atoms with E-state index in [1.807, 2.05) is 87.4 Å². The lowest BCUT2D eigenvalue weighted by Gasteiger charge is -2.33. The molecule has 0 aliphatic carbocycles. The van der Waals surface area contributed by atoms with Crippen LogP contribution >= 0.6 is 0 Å². The molecule has 1 aliphatic heterocycles. The summed E-state index contributed by atoms with van der Waals surface area (Å²) in [6, 6.07) is 26.3. The van der Waals surface area contributed by atoms with Gasteiger partial charge in [0.2, 0.25) is 5.91 Å². The zero-order valence-electron chi connectivity index (χ0n) is 23.7. The first-order valence-electron chi connectivity index (χ1n) is 14.1. The lowest BCUT2D eigenvalue weighted by atomic mass is 9.89. The van der Waals surface area contributed by atoms with Crippen molar-refractivity contribution in [1.29, 1.82) is 0 Å². The van der Waals surface area contributed by atoms with E-state index in [4.69, 9.17) is 0 Å². The number of hydrogen-bond acceptors (Lipinski definition) is 4. The predicted octanol–water partition coefficient (Wildman–Crippen LogP) is 6.09. The third-order valence-corrected chi connectivity index (χ3v) is 7.62. The van der Waals surface area contributed by atoms with Gasteiger partial charge in [0.05, 0.1) is 6.04 Å². The molecule has 3 aromatic carbocycles. The molecule has 206 valence electrons. The summed E-state index contributed by atoms with van der Waals surface area (Å²) in [5.74, 6) is 0.460. The average Bonchev–Trinajstić information content (AvgIpc) is 2.96. The highest BCUT2D eigenvalue weighted by Gasteiger charge is 2.23. The van der Waals surface area contributed by atoms with E-state index in [1.165, 1.54) is 5.56 Å². The zero-order chi connectivity index (χ0) is 27.8. The third-order valence-electron chi connectivity index (χ3n) is 7.62. The second-order valence-electron chi connectivity index (χ2n) is 11.1. The van der Waals surface area contributed by atoms with Crippen molar-refractivity contribution in [1.82, 2.24) is 10.2 Å². The van der Waals surface area contributed by atoms with Crippen molar-refractivity contribution in [3.63, 3.8) is 0 Å². The first kappa shape index (κ1) is 28.4. The maximum absolute atomic E-state index is 13.1. The van der Waals surface area contributed by atoms with Crippen LogP contribution in [0.4, 0.5) is 11.4 Å². The molecule has 1 aliphatic rings. The molecule has 6 nitrogen and oxygen atoms in total.